The standard InChI is InChI=1S/C21H21NO2/c1-15(23)13-17(10-7-16-8-11-18(24-2)12-9-16)20-14-22-21-6-4-3-5-19(20)21/h3-12,14,17,22H,13H2,1-2H3/b10-7+/t17-/m1/s1. The van der Waals surface area contributed by atoms with Crippen molar-refractivity contribution >= 4 is 22.8 Å². The molecule has 0 unspecified atom stereocenters. The molecule has 122 valence electrons. The number of H-pyrrole nitrogens is 1. The number of rotatable bonds is 6. The molecule has 3 nitrogen and oxygen atoms in total. The Morgan fingerprint density at radius 1 is 1.17 bits per heavy atom. The summed E-state index contributed by atoms with van der Waals surface area (Å²) < 4.78 is 5.18. The largest absolute Gasteiger partial charge is 0.497 e. The number of carbonyl (C=O) groups excluding carboxylic acids is 1. The van der Waals surface area contributed by atoms with Crippen LogP contribution >= 0.6 is 0 Å². The van der Waals surface area contributed by atoms with Crippen molar-refractivity contribution in [1.29, 1.82) is 0 Å². The van der Waals surface area contributed by atoms with Gasteiger partial charge in [0, 0.05) is 29.4 Å². The third kappa shape index (κ3) is 3.57. The summed E-state index contributed by atoms with van der Waals surface area (Å²) in [5.41, 5.74) is 3.34. The first-order valence-electron chi connectivity index (χ1n) is 8.05. The van der Waals surface area contributed by atoms with Gasteiger partial charge in [0.1, 0.15) is 11.5 Å². The highest BCUT2D eigenvalue weighted by Crippen LogP contribution is 2.30. The monoisotopic (exact) mass is 319 g/mol. The number of carbonyl (C=O) groups is 1. The molecule has 0 aliphatic carbocycles. The summed E-state index contributed by atoms with van der Waals surface area (Å²) in [6.45, 7) is 1.64. The van der Waals surface area contributed by atoms with Crippen LogP contribution in [-0.2, 0) is 4.79 Å². The van der Waals surface area contributed by atoms with Gasteiger partial charge >= 0.3 is 0 Å². The van der Waals surface area contributed by atoms with E-state index in [1.807, 2.05) is 42.6 Å². The number of aromatic nitrogens is 1. The fourth-order valence-corrected chi connectivity index (χ4v) is 2.93. The molecule has 0 saturated carbocycles. The Morgan fingerprint density at radius 2 is 1.92 bits per heavy atom. The van der Waals surface area contributed by atoms with Gasteiger partial charge in [-0.1, -0.05) is 42.5 Å². The van der Waals surface area contributed by atoms with E-state index in [0.717, 1.165) is 22.4 Å². The summed E-state index contributed by atoms with van der Waals surface area (Å²) in [7, 11) is 1.66. The topological polar surface area (TPSA) is 42.1 Å². The molecule has 1 atom stereocenters. The van der Waals surface area contributed by atoms with Crippen molar-refractivity contribution in [3.63, 3.8) is 0 Å². The zero-order valence-corrected chi connectivity index (χ0v) is 14.0. The van der Waals surface area contributed by atoms with E-state index < -0.39 is 0 Å². The minimum Gasteiger partial charge on any atom is -0.497 e. The summed E-state index contributed by atoms with van der Waals surface area (Å²) in [5.74, 6) is 1.08. The second-order valence-electron chi connectivity index (χ2n) is 5.93. The predicted molar refractivity (Wildman–Crippen MR) is 98.4 cm³/mol. The van der Waals surface area contributed by atoms with E-state index in [4.69, 9.17) is 4.74 Å². The highest BCUT2D eigenvalue weighted by molar-refractivity contribution is 5.85. The number of methoxy groups -OCH3 is 1. The molecule has 0 saturated heterocycles. The van der Waals surface area contributed by atoms with E-state index in [1.54, 1.807) is 14.0 Å². The van der Waals surface area contributed by atoms with Crippen LogP contribution < -0.4 is 4.74 Å². The molecule has 0 bridgehead atoms. The Morgan fingerprint density at radius 3 is 2.62 bits per heavy atom. The first-order chi connectivity index (χ1) is 11.7. The van der Waals surface area contributed by atoms with Gasteiger partial charge in [0.15, 0.2) is 0 Å². The molecule has 1 heterocycles. The molecule has 3 aromatic rings. The number of fused-ring (bicyclic) bond motifs is 1. The highest BCUT2D eigenvalue weighted by atomic mass is 16.5. The first kappa shape index (κ1) is 16.1. The molecular formula is C21H21NO2. The second-order valence-corrected chi connectivity index (χ2v) is 5.93. The molecule has 0 aliphatic rings. The Hall–Kier alpha value is -2.81. The van der Waals surface area contributed by atoms with Crippen molar-refractivity contribution in [2.75, 3.05) is 7.11 Å². The molecule has 1 aromatic heterocycles. The van der Waals surface area contributed by atoms with Crippen LogP contribution in [0.15, 0.2) is 60.8 Å². The maximum absolute atomic E-state index is 11.7. The lowest BCUT2D eigenvalue weighted by Crippen LogP contribution is -2.01. The van der Waals surface area contributed by atoms with Crippen molar-refractivity contribution in [1.82, 2.24) is 4.98 Å². The van der Waals surface area contributed by atoms with Gasteiger partial charge in [-0.05, 0) is 36.2 Å². The summed E-state index contributed by atoms with van der Waals surface area (Å²) >= 11 is 0. The van der Waals surface area contributed by atoms with Crippen LogP contribution in [0.4, 0.5) is 0 Å². The van der Waals surface area contributed by atoms with Gasteiger partial charge in [-0.25, -0.2) is 0 Å². The second kappa shape index (κ2) is 7.18. The Balaban J connectivity index is 1.91. The van der Waals surface area contributed by atoms with Gasteiger partial charge in [0.25, 0.3) is 0 Å². The van der Waals surface area contributed by atoms with E-state index >= 15 is 0 Å². The van der Waals surface area contributed by atoms with Crippen LogP contribution in [0.3, 0.4) is 0 Å². The number of Topliss-reactive ketones (excluding diaryl/α,β-unsaturated/α-hetero) is 1. The Bertz CT molecular complexity index is 859. The molecular weight excluding hydrogens is 298 g/mol. The fraction of sp³-hybridized carbons (Fsp3) is 0.190. The molecule has 0 radical (unpaired) electrons. The Kier molecular flexibility index (Phi) is 4.80. The van der Waals surface area contributed by atoms with Gasteiger partial charge in [-0.2, -0.15) is 0 Å². The lowest BCUT2D eigenvalue weighted by atomic mass is 9.92. The minimum absolute atomic E-state index is 0.0563. The van der Waals surface area contributed by atoms with Crippen LogP contribution in [0.25, 0.3) is 17.0 Å². The predicted octanol–water partition coefficient (Wildman–Crippen LogP) is 4.95. The summed E-state index contributed by atoms with van der Waals surface area (Å²) in [6.07, 6.45) is 6.68. The molecule has 2 aromatic carbocycles. The molecule has 3 heteroatoms. The zero-order chi connectivity index (χ0) is 16.9. The Labute approximate surface area is 142 Å². The van der Waals surface area contributed by atoms with Crippen LogP contribution in [0.2, 0.25) is 0 Å². The van der Waals surface area contributed by atoms with Gasteiger partial charge in [0.05, 0.1) is 7.11 Å². The smallest absolute Gasteiger partial charge is 0.130 e. The van der Waals surface area contributed by atoms with Crippen LogP contribution in [0, 0.1) is 0 Å². The van der Waals surface area contributed by atoms with Gasteiger partial charge in [0.2, 0.25) is 0 Å². The molecule has 0 amide bonds. The molecule has 24 heavy (non-hydrogen) atoms. The summed E-state index contributed by atoms with van der Waals surface area (Å²) in [6, 6.07) is 16.1. The average molecular weight is 319 g/mol. The SMILES string of the molecule is COc1ccc(/C=C/[C@H](CC(C)=O)c2c[nH]c3ccccc23)cc1. The number of allylic oxidation sites excluding steroid dienone is 1. The van der Waals surface area contributed by atoms with Crippen molar-refractivity contribution in [3.05, 3.63) is 71.9 Å². The molecule has 1 N–H and O–H groups in total. The fourth-order valence-electron chi connectivity index (χ4n) is 2.93. The molecule has 0 fully saturated rings. The van der Waals surface area contributed by atoms with E-state index in [-0.39, 0.29) is 11.7 Å². The van der Waals surface area contributed by atoms with Crippen molar-refractivity contribution < 1.29 is 9.53 Å². The average Bonchev–Trinajstić information content (AvgIpc) is 3.03. The van der Waals surface area contributed by atoms with Crippen LogP contribution in [0.1, 0.15) is 30.4 Å². The zero-order valence-electron chi connectivity index (χ0n) is 14.0. The van der Waals surface area contributed by atoms with E-state index in [1.165, 1.54) is 5.39 Å². The molecule has 0 spiro atoms. The van der Waals surface area contributed by atoms with E-state index in [0.29, 0.717) is 6.42 Å². The number of hydrogen-bond donors (Lipinski definition) is 1. The number of nitrogens with one attached hydrogen (secondary N) is 1. The summed E-state index contributed by atoms with van der Waals surface area (Å²) in [4.78, 5) is 15.0. The number of aromatic amines is 1. The molecule has 3 rings (SSSR count). The van der Waals surface area contributed by atoms with Crippen molar-refractivity contribution in [2.45, 2.75) is 19.3 Å². The quantitative estimate of drug-likeness (QED) is 0.698. The van der Waals surface area contributed by atoms with Crippen molar-refractivity contribution in [3.8, 4) is 5.75 Å². The van der Waals surface area contributed by atoms with E-state index in [2.05, 4.69) is 29.3 Å². The molecule has 0 aliphatic heterocycles. The maximum atomic E-state index is 11.7. The highest BCUT2D eigenvalue weighted by Gasteiger charge is 2.15. The third-order valence-electron chi connectivity index (χ3n) is 4.16. The maximum Gasteiger partial charge on any atom is 0.130 e. The van der Waals surface area contributed by atoms with Crippen LogP contribution in [-0.4, -0.2) is 17.9 Å². The van der Waals surface area contributed by atoms with E-state index in [9.17, 15) is 4.79 Å². The lowest BCUT2D eigenvalue weighted by molar-refractivity contribution is -0.117. The first-order valence-corrected chi connectivity index (χ1v) is 8.05. The number of ether oxygens (including phenoxy) is 1. The summed E-state index contributed by atoms with van der Waals surface area (Å²) in [5, 5.41) is 1.17. The van der Waals surface area contributed by atoms with Gasteiger partial charge < -0.3 is 9.72 Å². The normalized spacial score (nSPS) is 12.6. The van der Waals surface area contributed by atoms with Gasteiger partial charge in [-0.15, -0.1) is 0 Å². The van der Waals surface area contributed by atoms with Crippen molar-refractivity contribution in [2.24, 2.45) is 0 Å². The number of para-hydroxylation sites is 1. The lowest BCUT2D eigenvalue weighted by Gasteiger charge is -2.10. The minimum atomic E-state index is 0.0563. The van der Waals surface area contributed by atoms with Crippen LogP contribution in [0.5, 0.6) is 5.75 Å². The third-order valence-corrected chi connectivity index (χ3v) is 4.16. The number of ketones is 1. The number of hydrogen-bond acceptors (Lipinski definition) is 2. The van der Waals surface area contributed by atoms with Gasteiger partial charge in [-0.3, -0.25) is 4.79 Å². The number of benzene rings is 2.